The minimum atomic E-state index is -0.507. The number of aromatic nitrogens is 2. The molecule has 2 rings (SSSR count). The predicted octanol–water partition coefficient (Wildman–Crippen LogP) is 1.60. The minimum Gasteiger partial charge on any atom is -0.366 e. The number of nitro groups is 1. The van der Waals surface area contributed by atoms with Crippen LogP contribution in [0.3, 0.4) is 0 Å². The second-order valence-electron chi connectivity index (χ2n) is 4.11. The van der Waals surface area contributed by atoms with Crippen molar-refractivity contribution in [1.29, 1.82) is 0 Å². The van der Waals surface area contributed by atoms with Crippen LogP contribution in [0.15, 0.2) is 30.5 Å². The van der Waals surface area contributed by atoms with Crippen LogP contribution >= 0.6 is 0 Å². The van der Waals surface area contributed by atoms with Crippen molar-refractivity contribution in [2.75, 3.05) is 0 Å². The van der Waals surface area contributed by atoms with Gasteiger partial charge in [-0.25, -0.2) is 9.55 Å². The Morgan fingerprint density at radius 1 is 1.45 bits per heavy atom. The van der Waals surface area contributed by atoms with Crippen LogP contribution < -0.4 is 5.73 Å². The van der Waals surface area contributed by atoms with E-state index in [4.69, 9.17) is 5.73 Å². The Kier molecular flexibility index (Phi) is 3.60. The summed E-state index contributed by atoms with van der Waals surface area (Å²) in [6.07, 6.45) is 4.53. The smallest absolute Gasteiger partial charge is 0.342 e. The van der Waals surface area contributed by atoms with Gasteiger partial charge in [-0.3, -0.25) is 4.79 Å². The number of amides is 1. The number of benzene rings is 1. The molecule has 0 spiro atoms. The Bertz CT molecular complexity index is 703. The number of nitrogens with two attached hydrogens (primary N) is 1. The van der Waals surface area contributed by atoms with Crippen molar-refractivity contribution in [3.63, 3.8) is 0 Å². The van der Waals surface area contributed by atoms with Crippen molar-refractivity contribution < 1.29 is 9.72 Å². The normalized spacial score (nSPS) is 10.8. The fraction of sp³-hybridized carbons (Fsp3) is 0.0769. The van der Waals surface area contributed by atoms with Gasteiger partial charge in [0.15, 0.2) is 0 Å². The van der Waals surface area contributed by atoms with Crippen LogP contribution in [-0.4, -0.2) is 20.4 Å². The van der Waals surface area contributed by atoms with Crippen LogP contribution in [0.4, 0.5) is 5.82 Å². The molecule has 0 fully saturated rings. The molecule has 7 heteroatoms. The molecule has 102 valence electrons. The van der Waals surface area contributed by atoms with Gasteiger partial charge < -0.3 is 15.8 Å². The highest BCUT2D eigenvalue weighted by Crippen LogP contribution is 2.14. The molecule has 1 aromatic heterocycles. The molecule has 0 aliphatic carbocycles. The van der Waals surface area contributed by atoms with Gasteiger partial charge in [-0.05, 0) is 28.7 Å². The maximum atomic E-state index is 11.1. The molecule has 1 aromatic carbocycles. The van der Waals surface area contributed by atoms with E-state index in [2.05, 4.69) is 4.98 Å². The molecule has 1 heterocycles. The standard InChI is InChI=1S/C13H12N4O3/c1-16-11(15-8-12(16)17(19)20)6-5-9-3-2-4-10(7-9)13(14)18/h2-8H,1H3,(H2,14,18)/b6-5+. The third-order valence-corrected chi connectivity index (χ3v) is 2.78. The zero-order chi connectivity index (χ0) is 14.7. The van der Waals surface area contributed by atoms with Crippen LogP contribution in [0.5, 0.6) is 0 Å². The molecule has 0 aliphatic rings. The number of primary amides is 1. The molecule has 2 N–H and O–H groups in total. The number of imidazole rings is 1. The molecule has 7 nitrogen and oxygen atoms in total. The van der Waals surface area contributed by atoms with Crippen LogP contribution in [-0.2, 0) is 7.05 Å². The second-order valence-corrected chi connectivity index (χ2v) is 4.11. The Morgan fingerprint density at radius 3 is 2.80 bits per heavy atom. The number of hydrogen-bond donors (Lipinski definition) is 1. The summed E-state index contributed by atoms with van der Waals surface area (Å²) in [4.78, 5) is 25.2. The van der Waals surface area contributed by atoms with E-state index in [0.29, 0.717) is 11.4 Å². The molecule has 20 heavy (non-hydrogen) atoms. The van der Waals surface area contributed by atoms with Crippen molar-refractivity contribution in [2.24, 2.45) is 12.8 Å². The van der Waals surface area contributed by atoms with E-state index in [1.165, 1.54) is 10.8 Å². The third kappa shape index (κ3) is 2.72. The van der Waals surface area contributed by atoms with Crippen molar-refractivity contribution in [2.45, 2.75) is 0 Å². The third-order valence-electron chi connectivity index (χ3n) is 2.78. The number of hydrogen-bond acceptors (Lipinski definition) is 4. The average Bonchev–Trinajstić information content (AvgIpc) is 2.78. The van der Waals surface area contributed by atoms with E-state index in [0.717, 1.165) is 5.56 Å². The Balaban J connectivity index is 2.28. The van der Waals surface area contributed by atoms with Crippen molar-refractivity contribution in [3.05, 3.63) is 57.5 Å². The largest absolute Gasteiger partial charge is 0.366 e. The lowest BCUT2D eigenvalue weighted by Crippen LogP contribution is -2.10. The molecular weight excluding hydrogens is 260 g/mol. The summed E-state index contributed by atoms with van der Waals surface area (Å²) in [5, 5.41) is 10.7. The summed E-state index contributed by atoms with van der Waals surface area (Å²) in [7, 11) is 1.56. The van der Waals surface area contributed by atoms with Gasteiger partial charge in [0.05, 0.1) is 7.05 Å². The predicted molar refractivity (Wildman–Crippen MR) is 73.8 cm³/mol. The van der Waals surface area contributed by atoms with E-state index < -0.39 is 10.8 Å². The molecule has 0 unspecified atom stereocenters. The Hall–Kier alpha value is -2.96. The van der Waals surface area contributed by atoms with E-state index in [1.54, 1.807) is 43.5 Å². The topological polar surface area (TPSA) is 104 Å². The van der Waals surface area contributed by atoms with E-state index >= 15 is 0 Å². The molecule has 0 atom stereocenters. The van der Waals surface area contributed by atoms with Gasteiger partial charge in [0.2, 0.25) is 11.7 Å². The zero-order valence-electron chi connectivity index (χ0n) is 10.7. The first-order valence-corrected chi connectivity index (χ1v) is 5.73. The first-order valence-electron chi connectivity index (χ1n) is 5.73. The fourth-order valence-corrected chi connectivity index (χ4v) is 1.71. The van der Waals surface area contributed by atoms with Gasteiger partial charge in [-0.1, -0.05) is 12.1 Å². The molecular formula is C13H12N4O3. The molecule has 0 saturated heterocycles. The summed E-state index contributed by atoms with van der Waals surface area (Å²) in [6, 6.07) is 6.75. The van der Waals surface area contributed by atoms with Crippen LogP contribution in [0, 0.1) is 10.1 Å². The monoisotopic (exact) mass is 272 g/mol. The van der Waals surface area contributed by atoms with Gasteiger partial charge in [-0.15, -0.1) is 0 Å². The minimum absolute atomic E-state index is 0.0875. The molecule has 0 saturated carbocycles. The van der Waals surface area contributed by atoms with Gasteiger partial charge in [-0.2, -0.15) is 0 Å². The van der Waals surface area contributed by atoms with Gasteiger partial charge in [0.25, 0.3) is 0 Å². The molecule has 1 amide bonds. The van der Waals surface area contributed by atoms with E-state index in [1.807, 2.05) is 0 Å². The van der Waals surface area contributed by atoms with Crippen LogP contribution in [0.1, 0.15) is 21.7 Å². The van der Waals surface area contributed by atoms with Gasteiger partial charge >= 0.3 is 5.82 Å². The van der Waals surface area contributed by atoms with Crippen molar-refractivity contribution in [1.82, 2.24) is 9.55 Å². The lowest BCUT2D eigenvalue weighted by Gasteiger charge is -1.97. The summed E-state index contributed by atoms with van der Waals surface area (Å²) >= 11 is 0. The van der Waals surface area contributed by atoms with Crippen LogP contribution in [0.2, 0.25) is 0 Å². The maximum absolute atomic E-state index is 11.1. The van der Waals surface area contributed by atoms with Crippen molar-refractivity contribution >= 4 is 23.9 Å². The number of carbonyl (C=O) groups is 1. The Labute approximate surface area is 114 Å². The summed E-state index contributed by atoms with van der Waals surface area (Å²) in [5.41, 5.74) is 6.35. The van der Waals surface area contributed by atoms with Gasteiger partial charge in [0, 0.05) is 11.6 Å². The zero-order valence-corrected chi connectivity index (χ0v) is 10.7. The first kappa shape index (κ1) is 13.5. The lowest BCUT2D eigenvalue weighted by molar-refractivity contribution is -0.391. The molecule has 0 aliphatic heterocycles. The number of rotatable bonds is 4. The highest BCUT2D eigenvalue weighted by atomic mass is 16.6. The summed E-state index contributed by atoms with van der Waals surface area (Å²) in [6.45, 7) is 0. The van der Waals surface area contributed by atoms with E-state index in [9.17, 15) is 14.9 Å². The molecule has 2 aromatic rings. The molecule has 0 bridgehead atoms. The maximum Gasteiger partial charge on any atom is 0.342 e. The highest BCUT2D eigenvalue weighted by molar-refractivity contribution is 5.93. The highest BCUT2D eigenvalue weighted by Gasteiger charge is 2.13. The molecule has 0 radical (unpaired) electrons. The summed E-state index contributed by atoms with van der Waals surface area (Å²) in [5.74, 6) is -0.149. The quantitative estimate of drug-likeness (QED) is 0.674. The van der Waals surface area contributed by atoms with E-state index in [-0.39, 0.29) is 5.82 Å². The van der Waals surface area contributed by atoms with Gasteiger partial charge in [0.1, 0.15) is 6.20 Å². The SMILES string of the molecule is Cn1c([N+](=O)[O-])cnc1/C=C/c1cccc(C(N)=O)c1. The summed E-state index contributed by atoms with van der Waals surface area (Å²) < 4.78 is 1.37. The average molecular weight is 272 g/mol. The Morgan fingerprint density at radius 2 is 2.20 bits per heavy atom. The van der Waals surface area contributed by atoms with Crippen LogP contribution in [0.25, 0.3) is 12.2 Å². The first-order chi connectivity index (χ1) is 9.49. The number of carbonyl (C=O) groups excluding carboxylic acids is 1. The second kappa shape index (κ2) is 5.35. The fourth-order valence-electron chi connectivity index (χ4n) is 1.71. The number of nitrogens with zero attached hydrogens (tertiary/aromatic N) is 3. The van der Waals surface area contributed by atoms with Crippen molar-refractivity contribution in [3.8, 4) is 0 Å². The lowest BCUT2D eigenvalue weighted by atomic mass is 10.1.